The van der Waals surface area contributed by atoms with Crippen LogP contribution in [-0.2, 0) is 0 Å². The van der Waals surface area contributed by atoms with E-state index in [2.05, 4.69) is 26.2 Å². The van der Waals surface area contributed by atoms with Gasteiger partial charge < -0.3 is 5.32 Å². The van der Waals surface area contributed by atoms with Crippen molar-refractivity contribution in [3.05, 3.63) is 44.6 Å². The second-order valence-electron chi connectivity index (χ2n) is 3.35. The first-order chi connectivity index (χ1) is 8.08. The minimum Gasteiger partial charge on any atom is -0.320 e. The predicted molar refractivity (Wildman–Crippen MR) is 68.9 cm³/mol. The molecule has 0 aliphatic rings. The summed E-state index contributed by atoms with van der Waals surface area (Å²) < 4.78 is 13.4. The summed E-state index contributed by atoms with van der Waals surface area (Å²) in [6.45, 7) is 1.77. The zero-order chi connectivity index (χ0) is 12.4. The topological polar surface area (TPSA) is 42.0 Å². The molecule has 88 valence electrons. The van der Waals surface area contributed by atoms with Crippen LogP contribution in [0.5, 0.6) is 0 Å². The largest absolute Gasteiger partial charge is 0.320 e. The van der Waals surface area contributed by atoms with Crippen LogP contribution in [0.25, 0.3) is 0 Å². The van der Waals surface area contributed by atoms with E-state index < -0.39 is 0 Å². The molecule has 1 aromatic heterocycles. The number of anilines is 1. The lowest BCUT2D eigenvalue weighted by Gasteiger charge is -2.06. The molecule has 0 saturated heterocycles. The number of hydrogen-bond acceptors (Lipinski definition) is 3. The van der Waals surface area contributed by atoms with Crippen LogP contribution in [0, 0.1) is 12.7 Å². The maximum Gasteiger partial charge on any atom is 0.267 e. The summed E-state index contributed by atoms with van der Waals surface area (Å²) in [7, 11) is 0. The maximum atomic E-state index is 12.9. The number of nitrogens with one attached hydrogen (secondary N) is 1. The van der Waals surface area contributed by atoms with Gasteiger partial charge in [-0.1, -0.05) is 0 Å². The number of nitrogens with zero attached hydrogens (tertiary/aromatic N) is 1. The molecule has 17 heavy (non-hydrogen) atoms. The van der Waals surface area contributed by atoms with Crippen molar-refractivity contribution in [1.82, 2.24) is 4.98 Å². The van der Waals surface area contributed by atoms with Crippen molar-refractivity contribution in [3.63, 3.8) is 0 Å². The van der Waals surface area contributed by atoms with Gasteiger partial charge in [0.2, 0.25) is 0 Å². The van der Waals surface area contributed by atoms with E-state index >= 15 is 0 Å². The third-order valence-corrected chi connectivity index (χ3v) is 3.71. The average molecular weight is 315 g/mol. The van der Waals surface area contributed by atoms with Crippen LogP contribution in [-0.4, -0.2) is 10.9 Å². The lowest BCUT2D eigenvalue weighted by Crippen LogP contribution is -2.12. The number of carbonyl (C=O) groups is 1. The summed E-state index contributed by atoms with van der Waals surface area (Å²) >= 11 is 4.46. The van der Waals surface area contributed by atoms with E-state index in [4.69, 9.17) is 0 Å². The van der Waals surface area contributed by atoms with Crippen molar-refractivity contribution in [2.75, 3.05) is 5.32 Å². The lowest BCUT2D eigenvalue weighted by molar-refractivity contribution is 0.102. The Morgan fingerprint density at radius 2 is 2.29 bits per heavy atom. The molecular weight excluding hydrogens is 307 g/mol. The van der Waals surface area contributed by atoms with Gasteiger partial charge in [-0.2, -0.15) is 0 Å². The van der Waals surface area contributed by atoms with E-state index in [1.165, 1.54) is 29.5 Å². The van der Waals surface area contributed by atoms with Gasteiger partial charge in [0.05, 0.1) is 16.9 Å². The Labute approximate surface area is 110 Å². The molecular formula is C11H8BrFN2OS. The van der Waals surface area contributed by atoms with Crippen LogP contribution in [0.3, 0.4) is 0 Å². The highest BCUT2D eigenvalue weighted by Crippen LogP contribution is 2.24. The van der Waals surface area contributed by atoms with E-state index in [0.717, 1.165) is 0 Å². The van der Waals surface area contributed by atoms with Crippen molar-refractivity contribution in [2.24, 2.45) is 0 Å². The molecule has 0 unspecified atom stereocenters. The summed E-state index contributed by atoms with van der Waals surface area (Å²) in [4.78, 5) is 16.4. The van der Waals surface area contributed by atoms with Crippen LogP contribution in [0.15, 0.2) is 28.2 Å². The van der Waals surface area contributed by atoms with E-state index in [1.54, 1.807) is 12.4 Å². The van der Waals surface area contributed by atoms with Gasteiger partial charge in [-0.3, -0.25) is 4.79 Å². The molecule has 6 heteroatoms. The highest BCUT2D eigenvalue weighted by molar-refractivity contribution is 9.10. The second kappa shape index (κ2) is 4.93. The summed E-state index contributed by atoms with van der Waals surface area (Å²) in [6.07, 6.45) is 0. The van der Waals surface area contributed by atoms with Crippen molar-refractivity contribution < 1.29 is 9.18 Å². The summed E-state index contributed by atoms with van der Waals surface area (Å²) in [6, 6.07) is 4.10. The SMILES string of the molecule is Cc1ncsc1C(=O)Nc1ccc(F)cc1Br. The number of carbonyl (C=O) groups excluding carboxylic acids is 1. The standard InChI is InChI=1S/C11H8BrFN2OS/c1-6-10(17-5-14-6)11(16)15-9-3-2-7(13)4-8(9)12/h2-5H,1H3,(H,15,16). The van der Waals surface area contributed by atoms with Crippen molar-refractivity contribution in [2.45, 2.75) is 6.92 Å². The molecule has 0 atom stereocenters. The normalized spacial score (nSPS) is 10.3. The predicted octanol–water partition coefficient (Wildman–Crippen LogP) is 3.61. The number of aromatic nitrogens is 1. The zero-order valence-electron chi connectivity index (χ0n) is 8.83. The molecule has 2 aromatic rings. The molecule has 0 fully saturated rings. The van der Waals surface area contributed by atoms with Gasteiger partial charge >= 0.3 is 0 Å². The lowest BCUT2D eigenvalue weighted by atomic mass is 10.3. The second-order valence-corrected chi connectivity index (χ2v) is 5.05. The molecule has 1 amide bonds. The van der Waals surface area contributed by atoms with Gasteiger partial charge in [0.15, 0.2) is 0 Å². The number of rotatable bonds is 2. The number of hydrogen-bond donors (Lipinski definition) is 1. The van der Waals surface area contributed by atoms with Gasteiger partial charge in [0, 0.05) is 4.47 Å². The van der Waals surface area contributed by atoms with E-state index in [1.807, 2.05) is 0 Å². The summed E-state index contributed by atoms with van der Waals surface area (Å²) in [5.41, 5.74) is 2.83. The Balaban J connectivity index is 2.22. The summed E-state index contributed by atoms with van der Waals surface area (Å²) in [5.74, 6) is -0.596. The van der Waals surface area contributed by atoms with Gasteiger partial charge in [-0.15, -0.1) is 11.3 Å². The highest BCUT2D eigenvalue weighted by Gasteiger charge is 2.13. The fraction of sp³-hybridized carbons (Fsp3) is 0.0909. The molecule has 0 aliphatic carbocycles. The quantitative estimate of drug-likeness (QED) is 0.920. The third kappa shape index (κ3) is 2.70. The molecule has 1 N–H and O–H groups in total. The van der Waals surface area contributed by atoms with Crippen LogP contribution in [0.2, 0.25) is 0 Å². The Hall–Kier alpha value is -1.27. The Morgan fingerprint density at radius 3 is 2.88 bits per heavy atom. The Morgan fingerprint density at radius 1 is 1.53 bits per heavy atom. The van der Waals surface area contributed by atoms with E-state index in [9.17, 15) is 9.18 Å². The monoisotopic (exact) mass is 314 g/mol. The maximum absolute atomic E-state index is 12.9. The van der Waals surface area contributed by atoms with Crippen LogP contribution < -0.4 is 5.32 Å². The van der Waals surface area contributed by atoms with Crippen molar-refractivity contribution in [1.29, 1.82) is 0 Å². The molecule has 1 heterocycles. The first kappa shape index (κ1) is 12.2. The third-order valence-electron chi connectivity index (χ3n) is 2.13. The fourth-order valence-corrected chi connectivity index (χ4v) is 2.44. The zero-order valence-corrected chi connectivity index (χ0v) is 11.2. The fourth-order valence-electron chi connectivity index (χ4n) is 1.29. The Kier molecular flexibility index (Phi) is 3.54. The molecule has 0 radical (unpaired) electrons. The van der Waals surface area contributed by atoms with Crippen LogP contribution >= 0.6 is 27.3 Å². The molecule has 0 aliphatic heterocycles. The summed E-state index contributed by atoms with van der Waals surface area (Å²) in [5, 5.41) is 2.70. The van der Waals surface area contributed by atoms with Gasteiger partial charge in [-0.25, -0.2) is 9.37 Å². The minimum absolute atomic E-state index is 0.239. The Bertz CT molecular complexity index is 570. The molecule has 0 saturated carbocycles. The number of thiazole rings is 1. The first-order valence-electron chi connectivity index (χ1n) is 4.74. The number of benzene rings is 1. The number of halogens is 2. The van der Waals surface area contributed by atoms with Gasteiger partial charge in [-0.05, 0) is 41.1 Å². The van der Waals surface area contributed by atoms with E-state index in [-0.39, 0.29) is 11.7 Å². The van der Waals surface area contributed by atoms with Gasteiger partial charge in [0.25, 0.3) is 5.91 Å². The van der Waals surface area contributed by atoms with Crippen molar-refractivity contribution in [3.8, 4) is 0 Å². The number of amides is 1. The number of aryl methyl sites for hydroxylation is 1. The highest BCUT2D eigenvalue weighted by atomic mass is 79.9. The van der Waals surface area contributed by atoms with Crippen LogP contribution in [0.1, 0.15) is 15.4 Å². The molecule has 3 nitrogen and oxygen atoms in total. The first-order valence-corrected chi connectivity index (χ1v) is 6.41. The average Bonchev–Trinajstić information content (AvgIpc) is 2.68. The smallest absolute Gasteiger partial charge is 0.267 e. The molecule has 1 aromatic carbocycles. The van der Waals surface area contributed by atoms with Crippen LogP contribution in [0.4, 0.5) is 10.1 Å². The van der Waals surface area contributed by atoms with E-state index in [0.29, 0.717) is 20.7 Å². The minimum atomic E-state index is -0.358. The van der Waals surface area contributed by atoms with Crippen molar-refractivity contribution >= 4 is 38.9 Å². The molecule has 2 rings (SSSR count). The molecule has 0 bridgehead atoms. The molecule has 0 spiro atoms. The van der Waals surface area contributed by atoms with Gasteiger partial charge in [0.1, 0.15) is 10.7 Å².